The monoisotopic (exact) mass is 450 g/mol. The Morgan fingerprint density at radius 2 is 1.39 bits per heavy atom. The van der Waals surface area contributed by atoms with Gasteiger partial charge in [0, 0.05) is 0 Å². The minimum Gasteiger partial charge on any atom is -0.456 e. The summed E-state index contributed by atoms with van der Waals surface area (Å²) in [6.07, 6.45) is -14.5. The van der Waals surface area contributed by atoms with Crippen LogP contribution in [0.2, 0.25) is 0 Å². The molecule has 2 fully saturated rings. The number of aliphatic hydroxyl groups is 7. The molecule has 0 bridgehead atoms. The lowest BCUT2D eigenvalue weighted by Gasteiger charge is -2.42. The molecule has 0 unspecified atom stereocenters. The van der Waals surface area contributed by atoms with Crippen LogP contribution in [-0.4, -0.2) is 117 Å². The van der Waals surface area contributed by atoms with Crippen LogP contribution in [0.1, 0.15) is 16.3 Å². The second-order valence-corrected chi connectivity index (χ2v) is 7.28. The lowest BCUT2D eigenvalue weighted by Crippen LogP contribution is -2.61. The first-order chi connectivity index (χ1) is 14.8. The average molecular weight is 450 g/mol. The molecular formula is C18H26O13. The summed E-state index contributed by atoms with van der Waals surface area (Å²) in [5.74, 6) is 0.331. The fourth-order valence-electron chi connectivity index (χ4n) is 3.29. The van der Waals surface area contributed by atoms with Gasteiger partial charge in [0.1, 0.15) is 61.2 Å². The SMILES string of the molecule is O=Cc1ccc(CO[C@@H]2O[C@H](CO[C@@H]3O[C@H](CO)[C@@H](O)[C@H](O)[C@H]3O)[C@@H](O)[C@H](O)[C@H]2O)o1. The molecule has 13 nitrogen and oxygen atoms in total. The van der Waals surface area contributed by atoms with Crippen LogP contribution in [0, 0.1) is 0 Å². The van der Waals surface area contributed by atoms with E-state index in [9.17, 15) is 40.5 Å². The van der Waals surface area contributed by atoms with Crippen LogP contribution in [0.3, 0.4) is 0 Å². The van der Waals surface area contributed by atoms with Gasteiger partial charge in [-0.25, -0.2) is 0 Å². The third kappa shape index (κ3) is 5.30. The molecule has 31 heavy (non-hydrogen) atoms. The molecule has 3 heterocycles. The van der Waals surface area contributed by atoms with Crippen LogP contribution in [0.15, 0.2) is 16.5 Å². The van der Waals surface area contributed by atoms with E-state index in [1.807, 2.05) is 0 Å². The molecule has 0 saturated carbocycles. The quantitative estimate of drug-likeness (QED) is 0.190. The first-order valence-electron chi connectivity index (χ1n) is 9.54. The molecule has 176 valence electrons. The highest BCUT2D eigenvalue weighted by Crippen LogP contribution is 2.26. The number of hydrogen-bond acceptors (Lipinski definition) is 13. The summed E-state index contributed by atoms with van der Waals surface area (Å²) in [4.78, 5) is 10.7. The van der Waals surface area contributed by atoms with Crippen molar-refractivity contribution in [3.05, 3.63) is 23.7 Å². The summed E-state index contributed by atoms with van der Waals surface area (Å²) in [6.45, 7) is -1.32. The molecule has 13 heteroatoms. The number of aliphatic hydroxyl groups excluding tert-OH is 7. The van der Waals surface area contributed by atoms with Gasteiger partial charge in [0.25, 0.3) is 0 Å². The van der Waals surface area contributed by atoms with Gasteiger partial charge in [0.15, 0.2) is 24.6 Å². The maximum atomic E-state index is 10.7. The second-order valence-electron chi connectivity index (χ2n) is 7.28. The molecule has 10 atom stereocenters. The summed E-state index contributed by atoms with van der Waals surface area (Å²) in [5.41, 5.74) is 0. The van der Waals surface area contributed by atoms with E-state index in [-0.39, 0.29) is 18.1 Å². The lowest BCUT2D eigenvalue weighted by molar-refractivity contribution is -0.332. The molecule has 2 aliphatic heterocycles. The molecule has 0 amide bonds. The van der Waals surface area contributed by atoms with Gasteiger partial charge < -0.3 is 59.1 Å². The fraction of sp³-hybridized carbons (Fsp3) is 0.722. The Bertz CT molecular complexity index is 708. The maximum absolute atomic E-state index is 10.7. The molecule has 0 spiro atoms. The predicted molar refractivity (Wildman–Crippen MR) is 95.3 cm³/mol. The maximum Gasteiger partial charge on any atom is 0.187 e. The number of rotatable bonds is 8. The van der Waals surface area contributed by atoms with Gasteiger partial charge in [-0.3, -0.25) is 4.79 Å². The van der Waals surface area contributed by atoms with Gasteiger partial charge in [-0.15, -0.1) is 0 Å². The molecule has 0 radical (unpaired) electrons. The molecule has 2 aliphatic rings. The van der Waals surface area contributed by atoms with Crippen LogP contribution in [0.5, 0.6) is 0 Å². The van der Waals surface area contributed by atoms with E-state index in [0.29, 0.717) is 6.29 Å². The Labute approximate surface area is 175 Å². The largest absolute Gasteiger partial charge is 0.456 e. The summed E-state index contributed by atoms with van der Waals surface area (Å²) < 4.78 is 26.5. The van der Waals surface area contributed by atoms with Crippen molar-refractivity contribution in [3.8, 4) is 0 Å². The molecular weight excluding hydrogens is 424 g/mol. The third-order valence-electron chi connectivity index (χ3n) is 5.13. The minimum atomic E-state index is -1.66. The van der Waals surface area contributed by atoms with Crippen molar-refractivity contribution in [1.29, 1.82) is 0 Å². The number of aldehydes is 1. The molecule has 0 aromatic carbocycles. The van der Waals surface area contributed by atoms with Crippen LogP contribution >= 0.6 is 0 Å². The lowest BCUT2D eigenvalue weighted by atomic mass is 9.98. The van der Waals surface area contributed by atoms with Crippen molar-refractivity contribution in [2.45, 2.75) is 68.0 Å². The first kappa shape index (κ1) is 24.2. The van der Waals surface area contributed by atoms with Crippen molar-refractivity contribution < 1.29 is 63.9 Å². The second kappa shape index (κ2) is 10.4. The number of carbonyl (C=O) groups is 1. The predicted octanol–water partition coefficient (Wildman–Crippen LogP) is -3.77. The van der Waals surface area contributed by atoms with Crippen molar-refractivity contribution in [2.24, 2.45) is 0 Å². The Hall–Kier alpha value is -1.49. The first-order valence-corrected chi connectivity index (χ1v) is 9.54. The van der Waals surface area contributed by atoms with E-state index in [4.69, 9.17) is 23.4 Å². The van der Waals surface area contributed by atoms with Gasteiger partial charge >= 0.3 is 0 Å². The highest BCUT2D eigenvalue weighted by atomic mass is 16.7. The highest BCUT2D eigenvalue weighted by molar-refractivity contribution is 5.70. The van der Waals surface area contributed by atoms with E-state index >= 15 is 0 Å². The number of hydrogen-bond donors (Lipinski definition) is 7. The van der Waals surface area contributed by atoms with Crippen LogP contribution < -0.4 is 0 Å². The Kier molecular flexibility index (Phi) is 8.12. The van der Waals surface area contributed by atoms with Gasteiger partial charge in [-0.05, 0) is 12.1 Å². The summed E-state index contributed by atoms with van der Waals surface area (Å²) in [5, 5.41) is 69.2. The topological polar surface area (TPSA) is 209 Å². The summed E-state index contributed by atoms with van der Waals surface area (Å²) >= 11 is 0. The summed E-state index contributed by atoms with van der Waals surface area (Å²) in [6, 6.07) is 2.89. The zero-order chi connectivity index (χ0) is 22.7. The molecule has 1 aromatic rings. The third-order valence-corrected chi connectivity index (χ3v) is 5.13. The molecule has 0 aliphatic carbocycles. The van der Waals surface area contributed by atoms with E-state index in [0.717, 1.165) is 0 Å². The Morgan fingerprint density at radius 1 is 0.806 bits per heavy atom. The van der Waals surface area contributed by atoms with Gasteiger partial charge in [0.2, 0.25) is 0 Å². The standard InChI is InChI=1S/C18H26O13/c19-3-7-1-2-8(29-7)5-27-17-16(26)14(24)12(22)10(31-17)6-28-18-15(25)13(23)11(21)9(4-20)30-18/h1-3,9-18,20-26H,4-6H2/t9-,10-,11-,12-,13+,14+,15-,16-,17-,18-/m1/s1. The molecule has 1 aromatic heterocycles. The highest BCUT2D eigenvalue weighted by Gasteiger charge is 2.47. The molecule has 2 saturated heterocycles. The van der Waals surface area contributed by atoms with Crippen molar-refractivity contribution in [3.63, 3.8) is 0 Å². The summed E-state index contributed by atoms with van der Waals surface area (Å²) in [7, 11) is 0. The number of furan rings is 1. The normalized spacial score (nSPS) is 41.3. The fourth-order valence-corrected chi connectivity index (χ4v) is 3.29. The zero-order valence-corrected chi connectivity index (χ0v) is 16.2. The molecule has 3 rings (SSSR count). The van der Waals surface area contributed by atoms with Crippen LogP contribution in [-0.2, 0) is 25.6 Å². The van der Waals surface area contributed by atoms with E-state index in [1.54, 1.807) is 0 Å². The Morgan fingerprint density at radius 3 is 1.97 bits per heavy atom. The van der Waals surface area contributed by atoms with Crippen molar-refractivity contribution in [1.82, 2.24) is 0 Å². The van der Waals surface area contributed by atoms with Gasteiger partial charge in [-0.2, -0.15) is 0 Å². The van der Waals surface area contributed by atoms with Crippen molar-refractivity contribution in [2.75, 3.05) is 13.2 Å². The van der Waals surface area contributed by atoms with E-state index < -0.39 is 74.6 Å². The van der Waals surface area contributed by atoms with E-state index in [1.165, 1.54) is 12.1 Å². The minimum absolute atomic E-state index is 0.0740. The smallest absolute Gasteiger partial charge is 0.187 e. The number of carbonyl (C=O) groups excluding carboxylic acids is 1. The van der Waals surface area contributed by atoms with Gasteiger partial charge in [-0.1, -0.05) is 0 Å². The van der Waals surface area contributed by atoms with Crippen LogP contribution in [0.25, 0.3) is 0 Å². The van der Waals surface area contributed by atoms with Crippen LogP contribution in [0.4, 0.5) is 0 Å². The average Bonchev–Trinajstić information content (AvgIpc) is 3.24. The molecule has 7 N–H and O–H groups in total. The zero-order valence-electron chi connectivity index (χ0n) is 16.2. The van der Waals surface area contributed by atoms with Crippen molar-refractivity contribution >= 4 is 6.29 Å². The van der Waals surface area contributed by atoms with Gasteiger partial charge in [0.05, 0.1) is 13.2 Å². The Balaban J connectivity index is 1.58. The van der Waals surface area contributed by atoms with E-state index in [2.05, 4.69) is 0 Å². The number of ether oxygens (including phenoxy) is 4.